The highest BCUT2D eigenvalue weighted by molar-refractivity contribution is 7.89. The lowest BCUT2D eigenvalue weighted by Crippen LogP contribution is -2.46. The lowest BCUT2D eigenvalue weighted by Gasteiger charge is -2.36. The van der Waals surface area contributed by atoms with Gasteiger partial charge in [0.15, 0.2) is 0 Å². The maximum Gasteiger partial charge on any atom is 0.248 e. The summed E-state index contributed by atoms with van der Waals surface area (Å²) in [6, 6.07) is 22.5. The molecule has 39 heavy (non-hydrogen) atoms. The number of likely N-dealkylation sites (N-methyl/N-ethyl adjacent to an activating group) is 1. The summed E-state index contributed by atoms with van der Waals surface area (Å²) in [5.74, 6) is -0.319. The molecule has 3 aromatic rings. The van der Waals surface area contributed by atoms with E-state index in [9.17, 15) is 13.2 Å². The van der Waals surface area contributed by atoms with Gasteiger partial charge in [0.1, 0.15) is 4.90 Å². The van der Waals surface area contributed by atoms with Crippen LogP contribution in [0.15, 0.2) is 83.8 Å². The van der Waals surface area contributed by atoms with Crippen molar-refractivity contribution >= 4 is 33.4 Å². The number of piperazine rings is 1. The van der Waals surface area contributed by atoms with Crippen LogP contribution in [-0.4, -0.2) is 51.9 Å². The summed E-state index contributed by atoms with van der Waals surface area (Å²) in [7, 11) is -3.89. The van der Waals surface area contributed by atoms with Gasteiger partial charge in [0.2, 0.25) is 15.9 Å². The number of aryl methyl sites for hydroxylation is 1. The second-order valence-corrected chi connectivity index (χ2v) is 11.8. The number of carbonyl (C=O) groups excluding carboxylic acids is 1. The molecule has 1 fully saturated rings. The molecule has 2 aliphatic rings. The molecule has 0 radical (unpaired) electrons. The third-order valence-corrected chi connectivity index (χ3v) is 9.07. The van der Waals surface area contributed by atoms with Gasteiger partial charge < -0.3 is 15.1 Å². The molecule has 0 saturated carbocycles. The standard InChI is InChI=1S/C31H36N4O3S/c1-2-34-19-21-35(22-20-34)29-17-16-26(32-31(36)18-15-24-9-4-3-5-10-24)23-30(29)39(37,38)33-28-14-8-12-25-11-6-7-13-27(25)28/h3-7,9-11,13,15-18,23,28,33H,2,8,12,14,19-22H2,1H3,(H,32,36)/b18-15+/t28-/m1/s1. The highest BCUT2D eigenvalue weighted by Crippen LogP contribution is 2.34. The maximum atomic E-state index is 14.0. The molecule has 7 nitrogen and oxygen atoms in total. The van der Waals surface area contributed by atoms with Crippen molar-refractivity contribution < 1.29 is 13.2 Å². The van der Waals surface area contributed by atoms with Crippen molar-refractivity contribution in [1.82, 2.24) is 9.62 Å². The fraction of sp³-hybridized carbons (Fsp3) is 0.323. The number of hydrogen-bond donors (Lipinski definition) is 2. The molecule has 1 heterocycles. The van der Waals surface area contributed by atoms with Gasteiger partial charge in [0, 0.05) is 44.0 Å². The lowest BCUT2D eigenvalue weighted by molar-refractivity contribution is -0.111. The number of hydrogen-bond acceptors (Lipinski definition) is 5. The third-order valence-electron chi connectivity index (χ3n) is 7.57. The zero-order valence-corrected chi connectivity index (χ0v) is 23.2. The summed E-state index contributed by atoms with van der Waals surface area (Å²) in [4.78, 5) is 17.4. The molecule has 3 aromatic carbocycles. The Hall–Kier alpha value is -3.46. The Kier molecular flexibility index (Phi) is 8.45. The van der Waals surface area contributed by atoms with Crippen molar-refractivity contribution in [3.63, 3.8) is 0 Å². The molecule has 1 atom stereocenters. The van der Waals surface area contributed by atoms with E-state index >= 15 is 0 Å². The molecule has 0 spiro atoms. The van der Waals surface area contributed by atoms with Gasteiger partial charge in [-0.1, -0.05) is 61.5 Å². The molecule has 8 heteroatoms. The van der Waals surface area contributed by atoms with E-state index in [2.05, 4.69) is 32.8 Å². The highest BCUT2D eigenvalue weighted by atomic mass is 32.2. The molecule has 5 rings (SSSR count). The van der Waals surface area contributed by atoms with E-state index in [0.29, 0.717) is 11.4 Å². The van der Waals surface area contributed by atoms with Gasteiger partial charge in [-0.2, -0.15) is 0 Å². The number of rotatable bonds is 8. The number of benzene rings is 3. The molecule has 2 N–H and O–H groups in total. The number of nitrogens with one attached hydrogen (secondary N) is 2. The van der Waals surface area contributed by atoms with Crippen LogP contribution in [0.2, 0.25) is 0 Å². The van der Waals surface area contributed by atoms with Crippen molar-refractivity contribution in [2.24, 2.45) is 0 Å². The first-order valence-corrected chi connectivity index (χ1v) is 15.2. The lowest BCUT2D eigenvalue weighted by atomic mass is 9.88. The number of nitrogens with zero attached hydrogens (tertiary/aromatic N) is 2. The Balaban J connectivity index is 1.43. The smallest absolute Gasteiger partial charge is 0.248 e. The molecule has 1 aliphatic carbocycles. The number of anilines is 2. The summed E-state index contributed by atoms with van der Waals surface area (Å²) < 4.78 is 30.9. The van der Waals surface area contributed by atoms with Gasteiger partial charge in [-0.15, -0.1) is 0 Å². The van der Waals surface area contributed by atoms with E-state index in [4.69, 9.17) is 0 Å². The second-order valence-electron chi connectivity index (χ2n) is 10.1. The Morgan fingerprint density at radius 1 is 0.974 bits per heavy atom. The fourth-order valence-electron chi connectivity index (χ4n) is 5.42. The van der Waals surface area contributed by atoms with E-state index < -0.39 is 10.0 Å². The average Bonchev–Trinajstić information content (AvgIpc) is 2.97. The van der Waals surface area contributed by atoms with Crippen LogP contribution in [0, 0.1) is 0 Å². The summed E-state index contributed by atoms with van der Waals surface area (Å²) >= 11 is 0. The predicted molar refractivity (Wildman–Crippen MR) is 157 cm³/mol. The van der Waals surface area contributed by atoms with Crippen LogP contribution in [0.1, 0.15) is 42.5 Å². The topological polar surface area (TPSA) is 81.8 Å². The van der Waals surface area contributed by atoms with E-state index in [1.54, 1.807) is 18.2 Å². The van der Waals surface area contributed by atoms with Crippen molar-refractivity contribution in [1.29, 1.82) is 0 Å². The zero-order chi connectivity index (χ0) is 27.2. The Labute approximate surface area is 231 Å². The van der Waals surface area contributed by atoms with Crippen molar-refractivity contribution in [3.05, 3.63) is 95.6 Å². The summed E-state index contributed by atoms with van der Waals surface area (Å²) in [5.41, 5.74) is 4.26. The third kappa shape index (κ3) is 6.58. The minimum absolute atomic E-state index is 0.195. The Morgan fingerprint density at radius 2 is 1.72 bits per heavy atom. The molecular formula is C31H36N4O3S. The first-order chi connectivity index (χ1) is 18.9. The normalized spacial score (nSPS) is 18.2. The predicted octanol–water partition coefficient (Wildman–Crippen LogP) is 4.84. The Bertz CT molecular complexity index is 1430. The maximum absolute atomic E-state index is 14.0. The van der Waals surface area contributed by atoms with Gasteiger partial charge in [-0.05, 0) is 66.8 Å². The number of fused-ring (bicyclic) bond motifs is 1. The molecule has 1 amide bonds. The van der Waals surface area contributed by atoms with Crippen LogP contribution in [0.4, 0.5) is 11.4 Å². The first kappa shape index (κ1) is 27.1. The Morgan fingerprint density at radius 3 is 2.49 bits per heavy atom. The minimum Gasteiger partial charge on any atom is -0.368 e. The monoisotopic (exact) mass is 544 g/mol. The quantitative estimate of drug-likeness (QED) is 0.397. The van der Waals surface area contributed by atoms with Crippen LogP contribution >= 0.6 is 0 Å². The minimum atomic E-state index is -3.89. The molecule has 0 bridgehead atoms. The fourth-order valence-corrected chi connectivity index (χ4v) is 6.92. The van der Waals surface area contributed by atoms with Gasteiger partial charge in [-0.25, -0.2) is 13.1 Å². The molecule has 1 saturated heterocycles. The van der Waals surface area contributed by atoms with Gasteiger partial charge in [-0.3, -0.25) is 4.79 Å². The van der Waals surface area contributed by atoms with Crippen molar-refractivity contribution in [2.45, 2.75) is 37.1 Å². The number of sulfonamides is 1. The SMILES string of the molecule is CCN1CCN(c2ccc(NC(=O)/C=C/c3ccccc3)cc2S(=O)(=O)N[C@@H]2CCCc3ccccc32)CC1. The van der Waals surface area contributed by atoms with E-state index in [1.807, 2.05) is 54.6 Å². The van der Waals surface area contributed by atoms with Crippen LogP contribution in [-0.2, 0) is 21.2 Å². The molecule has 204 valence electrons. The van der Waals surface area contributed by atoms with Gasteiger partial charge >= 0.3 is 0 Å². The van der Waals surface area contributed by atoms with E-state index in [-0.39, 0.29) is 16.8 Å². The van der Waals surface area contributed by atoms with Crippen LogP contribution in [0.3, 0.4) is 0 Å². The van der Waals surface area contributed by atoms with E-state index in [0.717, 1.165) is 63.1 Å². The number of carbonyl (C=O) groups is 1. The second kappa shape index (κ2) is 12.2. The molecule has 1 aliphatic heterocycles. The molecule has 0 unspecified atom stereocenters. The summed E-state index contributed by atoms with van der Waals surface area (Å²) in [5, 5.41) is 2.85. The van der Waals surface area contributed by atoms with Crippen LogP contribution < -0.4 is 14.9 Å². The molecule has 0 aromatic heterocycles. The van der Waals surface area contributed by atoms with Crippen LogP contribution in [0.25, 0.3) is 6.08 Å². The number of amides is 1. The van der Waals surface area contributed by atoms with Crippen molar-refractivity contribution in [2.75, 3.05) is 42.9 Å². The van der Waals surface area contributed by atoms with Gasteiger partial charge in [0.05, 0.1) is 5.69 Å². The van der Waals surface area contributed by atoms with Crippen LogP contribution in [0.5, 0.6) is 0 Å². The first-order valence-electron chi connectivity index (χ1n) is 13.7. The van der Waals surface area contributed by atoms with E-state index in [1.165, 1.54) is 11.6 Å². The summed E-state index contributed by atoms with van der Waals surface area (Å²) in [6.45, 7) is 6.36. The zero-order valence-electron chi connectivity index (χ0n) is 22.3. The summed E-state index contributed by atoms with van der Waals surface area (Å²) in [6.07, 6.45) is 5.83. The highest BCUT2D eigenvalue weighted by Gasteiger charge is 2.30. The van der Waals surface area contributed by atoms with Gasteiger partial charge in [0.25, 0.3) is 0 Å². The van der Waals surface area contributed by atoms with Crippen molar-refractivity contribution in [3.8, 4) is 0 Å². The average molecular weight is 545 g/mol. The molecular weight excluding hydrogens is 508 g/mol. The largest absolute Gasteiger partial charge is 0.368 e.